The summed E-state index contributed by atoms with van der Waals surface area (Å²) in [6, 6.07) is 0. The predicted octanol–water partition coefficient (Wildman–Crippen LogP) is 0.610. The van der Waals surface area contributed by atoms with E-state index >= 15 is 0 Å². The van der Waals surface area contributed by atoms with Crippen LogP contribution in [0.1, 0.15) is 0 Å². The summed E-state index contributed by atoms with van der Waals surface area (Å²) in [6.07, 6.45) is 3.22. The van der Waals surface area contributed by atoms with Gasteiger partial charge in [-0.05, 0) is 0 Å². The number of hydrogen-bond donors (Lipinski definition) is 3. The van der Waals surface area contributed by atoms with Crippen LogP contribution in [-0.4, -0.2) is 19.9 Å². The maximum Gasteiger partial charge on any atom is 0.234 e. The highest BCUT2D eigenvalue weighted by Crippen LogP contribution is 2.06. The van der Waals surface area contributed by atoms with Gasteiger partial charge in [-0.15, -0.1) is 0 Å². The molecule has 56 valence electrons. The van der Waals surface area contributed by atoms with Gasteiger partial charge in [0, 0.05) is 0 Å². The van der Waals surface area contributed by atoms with Crippen molar-refractivity contribution in [2.45, 2.75) is 0 Å². The summed E-state index contributed by atoms with van der Waals surface area (Å²) in [5.41, 5.74) is 1.45. The third kappa shape index (κ3) is 1.01. The lowest BCUT2D eigenvalue weighted by molar-refractivity contribution is 1.22. The molecule has 11 heavy (non-hydrogen) atoms. The molecule has 0 bridgehead atoms. The van der Waals surface area contributed by atoms with Crippen molar-refractivity contribution in [2.75, 3.05) is 4.72 Å². The number of imidazole rings is 1. The molecular formula is C5H5N5S. The summed E-state index contributed by atoms with van der Waals surface area (Å²) in [5.74, 6) is 0.452. The second-order valence-corrected chi connectivity index (χ2v) is 2.17. The van der Waals surface area contributed by atoms with Crippen molar-refractivity contribution in [1.29, 1.82) is 0 Å². The molecule has 2 aromatic rings. The van der Waals surface area contributed by atoms with Crippen LogP contribution in [0.5, 0.6) is 0 Å². The van der Waals surface area contributed by atoms with Gasteiger partial charge in [0.15, 0.2) is 5.65 Å². The largest absolute Gasteiger partial charge is 0.342 e. The highest BCUT2D eigenvalue weighted by Gasteiger charge is 1.98. The van der Waals surface area contributed by atoms with E-state index in [0.29, 0.717) is 11.6 Å². The van der Waals surface area contributed by atoms with Gasteiger partial charge < -0.3 is 9.71 Å². The Hall–Kier alpha value is -1.30. The van der Waals surface area contributed by atoms with Gasteiger partial charge in [-0.2, -0.15) is 4.98 Å². The summed E-state index contributed by atoms with van der Waals surface area (Å²) in [7, 11) is 0. The van der Waals surface area contributed by atoms with Crippen molar-refractivity contribution >= 4 is 29.9 Å². The SMILES string of the molecule is SNc1ncc2[nH]cnc2n1. The minimum atomic E-state index is 0.452. The molecule has 0 saturated heterocycles. The van der Waals surface area contributed by atoms with Gasteiger partial charge >= 0.3 is 0 Å². The zero-order valence-corrected chi connectivity index (χ0v) is 6.34. The Balaban J connectivity index is 2.67. The number of nitrogens with zero attached hydrogens (tertiary/aromatic N) is 3. The number of aromatic nitrogens is 4. The van der Waals surface area contributed by atoms with Crippen molar-refractivity contribution in [3.05, 3.63) is 12.5 Å². The van der Waals surface area contributed by atoms with Crippen LogP contribution in [0.25, 0.3) is 11.2 Å². The average molecular weight is 167 g/mol. The number of aromatic amines is 1. The van der Waals surface area contributed by atoms with E-state index < -0.39 is 0 Å². The van der Waals surface area contributed by atoms with Crippen LogP contribution >= 0.6 is 12.8 Å². The zero-order chi connectivity index (χ0) is 7.68. The fraction of sp³-hybridized carbons (Fsp3) is 0. The Morgan fingerprint density at radius 3 is 3.18 bits per heavy atom. The summed E-state index contributed by atoms with van der Waals surface area (Å²) < 4.78 is 2.53. The van der Waals surface area contributed by atoms with Crippen LogP contribution in [0.2, 0.25) is 0 Å². The van der Waals surface area contributed by atoms with E-state index in [1.54, 1.807) is 12.5 Å². The summed E-state index contributed by atoms with van der Waals surface area (Å²) in [5, 5.41) is 0. The summed E-state index contributed by atoms with van der Waals surface area (Å²) in [6.45, 7) is 0. The quantitative estimate of drug-likeness (QED) is 0.544. The molecule has 0 fully saturated rings. The highest BCUT2D eigenvalue weighted by atomic mass is 32.1. The maximum absolute atomic E-state index is 4.01. The molecule has 2 aromatic heterocycles. The van der Waals surface area contributed by atoms with Gasteiger partial charge in [-0.3, -0.25) is 0 Å². The zero-order valence-electron chi connectivity index (χ0n) is 5.44. The lowest BCUT2D eigenvalue weighted by Crippen LogP contribution is -1.90. The van der Waals surface area contributed by atoms with Gasteiger partial charge in [-0.1, -0.05) is 12.8 Å². The molecule has 2 N–H and O–H groups in total. The minimum Gasteiger partial charge on any atom is -0.342 e. The van der Waals surface area contributed by atoms with Crippen LogP contribution in [0, 0.1) is 0 Å². The van der Waals surface area contributed by atoms with Gasteiger partial charge in [-0.25, -0.2) is 9.97 Å². The Morgan fingerprint density at radius 2 is 2.36 bits per heavy atom. The Labute approximate surface area is 67.8 Å². The lowest BCUT2D eigenvalue weighted by atomic mass is 10.6. The molecule has 0 aliphatic rings. The fourth-order valence-electron chi connectivity index (χ4n) is 0.790. The molecule has 0 aliphatic carbocycles. The smallest absolute Gasteiger partial charge is 0.234 e. The molecule has 0 unspecified atom stereocenters. The number of thiol groups is 1. The molecule has 6 heteroatoms. The maximum atomic E-state index is 4.01. The topological polar surface area (TPSA) is 66.5 Å². The van der Waals surface area contributed by atoms with E-state index in [1.807, 2.05) is 0 Å². The van der Waals surface area contributed by atoms with Gasteiger partial charge in [0.2, 0.25) is 5.95 Å². The summed E-state index contributed by atoms with van der Waals surface area (Å²) in [4.78, 5) is 14.8. The third-order valence-electron chi connectivity index (χ3n) is 1.28. The number of nitrogens with one attached hydrogen (secondary N) is 2. The van der Waals surface area contributed by atoms with Crippen molar-refractivity contribution in [3.63, 3.8) is 0 Å². The minimum absolute atomic E-state index is 0.452. The second-order valence-electron chi connectivity index (χ2n) is 1.95. The number of hydrogen-bond acceptors (Lipinski definition) is 5. The fourth-order valence-corrected chi connectivity index (χ4v) is 0.898. The van der Waals surface area contributed by atoms with Crippen molar-refractivity contribution in [3.8, 4) is 0 Å². The molecule has 0 spiro atoms. The Bertz CT molecular complexity index is 370. The molecule has 0 saturated carbocycles. The monoisotopic (exact) mass is 167 g/mol. The van der Waals surface area contributed by atoms with Crippen LogP contribution in [-0.2, 0) is 0 Å². The van der Waals surface area contributed by atoms with Crippen LogP contribution in [0.15, 0.2) is 12.5 Å². The molecule has 0 aromatic carbocycles. The molecular weight excluding hydrogens is 162 g/mol. The second kappa shape index (κ2) is 2.39. The van der Waals surface area contributed by atoms with Crippen molar-refractivity contribution in [2.24, 2.45) is 0 Å². The predicted molar refractivity (Wildman–Crippen MR) is 44.3 cm³/mol. The molecule has 0 aliphatic heterocycles. The first kappa shape index (κ1) is 6.41. The first-order valence-electron chi connectivity index (χ1n) is 2.96. The van der Waals surface area contributed by atoms with E-state index in [1.165, 1.54) is 0 Å². The molecule has 5 nitrogen and oxygen atoms in total. The van der Waals surface area contributed by atoms with Crippen molar-refractivity contribution < 1.29 is 0 Å². The van der Waals surface area contributed by atoms with E-state index in [9.17, 15) is 0 Å². The van der Waals surface area contributed by atoms with Gasteiger partial charge in [0.05, 0.1) is 12.5 Å². The molecule has 0 amide bonds. The van der Waals surface area contributed by atoms with Crippen LogP contribution in [0.3, 0.4) is 0 Å². The van der Waals surface area contributed by atoms with Crippen molar-refractivity contribution in [1.82, 2.24) is 19.9 Å². The lowest BCUT2D eigenvalue weighted by Gasteiger charge is -1.93. The highest BCUT2D eigenvalue weighted by molar-refractivity contribution is 7.81. The molecule has 0 radical (unpaired) electrons. The van der Waals surface area contributed by atoms with Gasteiger partial charge in [0.1, 0.15) is 5.52 Å². The number of fused-ring (bicyclic) bond motifs is 1. The first-order chi connectivity index (χ1) is 5.40. The van der Waals surface area contributed by atoms with E-state index in [2.05, 4.69) is 37.5 Å². The Morgan fingerprint density at radius 1 is 1.45 bits per heavy atom. The Kier molecular flexibility index (Phi) is 1.39. The number of H-pyrrole nitrogens is 1. The average Bonchev–Trinajstić information content (AvgIpc) is 2.50. The van der Waals surface area contributed by atoms with E-state index in [4.69, 9.17) is 0 Å². The number of rotatable bonds is 1. The number of anilines is 1. The normalized spacial score (nSPS) is 10.3. The third-order valence-corrected chi connectivity index (χ3v) is 1.48. The van der Waals surface area contributed by atoms with E-state index in [0.717, 1.165) is 5.52 Å². The molecule has 0 atom stereocenters. The van der Waals surface area contributed by atoms with E-state index in [-0.39, 0.29) is 0 Å². The van der Waals surface area contributed by atoms with Crippen LogP contribution < -0.4 is 4.72 Å². The van der Waals surface area contributed by atoms with Crippen LogP contribution in [0.4, 0.5) is 5.95 Å². The molecule has 2 heterocycles. The molecule has 2 rings (SSSR count). The standard InChI is InChI=1S/C5H5N5S/c11-10-5-6-1-3-4(9-5)8-2-7-3/h1-2,11H,(H2,6,7,8,9,10). The van der Waals surface area contributed by atoms with Gasteiger partial charge in [0.25, 0.3) is 0 Å². The summed E-state index contributed by atoms with van der Waals surface area (Å²) >= 11 is 3.80. The first-order valence-corrected chi connectivity index (χ1v) is 3.41.